The van der Waals surface area contributed by atoms with Crippen molar-refractivity contribution in [2.45, 2.75) is 26.9 Å². The molecule has 0 spiro atoms. The zero-order chi connectivity index (χ0) is 14.7. The number of ether oxygens (including phenoxy) is 1. The van der Waals surface area contributed by atoms with E-state index in [-0.39, 0.29) is 5.78 Å². The Morgan fingerprint density at radius 1 is 1.15 bits per heavy atom. The fourth-order valence-electron chi connectivity index (χ4n) is 2.15. The number of anilines is 1. The smallest absolute Gasteiger partial charge is 0.203 e. The molecule has 104 valence electrons. The second kappa shape index (κ2) is 5.78. The third kappa shape index (κ3) is 3.18. The van der Waals surface area contributed by atoms with Crippen LogP contribution in [0.25, 0.3) is 0 Å². The highest BCUT2D eigenvalue weighted by molar-refractivity contribution is 6.00. The molecule has 0 saturated heterocycles. The van der Waals surface area contributed by atoms with Gasteiger partial charge in [-0.05, 0) is 38.5 Å². The maximum absolute atomic E-state index is 12.4. The van der Waals surface area contributed by atoms with Crippen LogP contribution in [0.2, 0.25) is 0 Å². The first-order valence-electron chi connectivity index (χ1n) is 6.61. The van der Waals surface area contributed by atoms with Crippen molar-refractivity contribution in [2.75, 3.05) is 5.73 Å². The van der Waals surface area contributed by atoms with Crippen molar-refractivity contribution < 1.29 is 9.53 Å². The number of Topliss-reactive ketones (excluding diaryl/α,β-unsaturated/α-hetero) is 1. The van der Waals surface area contributed by atoms with Crippen LogP contribution in [0.1, 0.15) is 28.4 Å². The molecule has 0 aliphatic heterocycles. The summed E-state index contributed by atoms with van der Waals surface area (Å²) in [4.78, 5) is 12.4. The van der Waals surface area contributed by atoms with Gasteiger partial charge in [-0.15, -0.1) is 0 Å². The van der Waals surface area contributed by atoms with Crippen LogP contribution in [0, 0.1) is 13.8 Å². The highest BCUT2D eigenvalue weighted by Gasteiger charge is 2.18. The third-order valence-electron chi connectivity index (χ3n) is 3.19. The molecule has 0 heterocycles. The quantitative estimate of drug-likeness (QED) is 0.682. The van der Waals surface area contributed by atoms with E-state index in [1.165, 1.54) is 0 Å². The van der Waals surface area contributed by atoms with Gasteiger partial charge < -0.3 is 10.5 Å². The number of ketones is 1. The molecule has 1 unspecified atom stereocenters. The zero-order valence-electron chi connectivity index (χ0n) is 12.0. The highest BCUT2D eigenvalue weighted by atomic mass is 16.5. The number of rotatable bonds is 4. The van der Waals surface area contributed by atoms with Gasteiger partial charge in [0.1, 0.15) is 5.75 Å². The molecule has 0 aliphatic rings. The molecular formula is C17H19NO2. The van der Waals surface area contributed by atoms with E-state index in [9.17, 15) is 4.79 Å². The number of carbonyl (C=O) groups is 1. The van der Waals surface area contributed by atoms with Crippen LogP contribution in [0.4, 0.5) is 5.69 Å². The summed E-state index contributed by atoms with van der Waals surface area (Å²) in [6.07, 6.45) is -0.543. The molecule has 1 atom stereocenters. The zero-order valence-corrected chi connectivity index (χ0v) is 12.0. The molecule has 0 saturated carbocycles. The van der Waals surface area contributed by atoms with Crippen LogP contribution < -0.4 is 10.5 Å². The minimum absolute atomic E-state index is 0.0232. The van der Waals surface area contributed by atoms with E-state index in [0.29, 0.717) is 17.0 Å². The van der Waals surface area contributed by atoms with Gasteiger partial charge in [0.2, 0.25) is 5.78 Å². The molecule has 2 N–H and O–H groups in total. The lowest BCUT2D eigenvalue weighted by atomic mass is 10.00. The molecule has 2 rings (SSSR count). The Morgan fingerprint density at radius 3 is 2.55 bits per heavy atom. The number of nitrogen functional groups attached to an aromatic ring is 1. The highest BCUT2D eigenvalue weighted by Crippen LogP contribution is 2.19. The van der Waals surface area contributed by atoms with E-state index in [4.69, 9.17) is 10.5 Å². The lowest BCUT2D eigenvalue weighted by Gasteiger charge is -2.15. The summed E-state index contributed by atoms with van der Waals surface area (Å²) in [7, 11) is 0. The van der Waals surface area contributed by atoms with E-state index in [1.807, 2.05) is 32.0 Å². The van der Waals surface area contributed by atoms with Gasteiger partial charge in [0, 0.05) is 17.3 Å². The van der Waals surface area contributed by atoms with Crippen molar-refractivity contribution in [1.82, 2.24) is 0 Å². The van der Waals surface area contributed by atoms with E-state index in [1.54, 1.807) is 31.2 Å². The van der Waals surface area contributed by atoms with Crippen molar-refractivity contribution in [3.05, 3.63) is 59.2 Å². The van der Waals surface area contributed by atoms with Gasteiger partial charge >= 0.3 is 0 Å². The summed E-state index contributed by atoms with van der Waals surface area (Å²) in [6, 6.07) is 12.9. The van der Waals surface area contributed by atoms with Crippen LogP contribution in [0.15, 0.2) is 42.5 Å². The standard InChI is InChI=1S/C17H19NO2/c1-11-7-8-16(12(2)9-11)17(19)13(3)20-15-6-4-5-14(18)10-15/h4-10,13H,18H2,1-3H3. The fourth-order valence-corrected chi connectivity index (χ4v) is 2.15. The maximum Gasteiger partial charge on any atom is 0.203 e. The minimum Gasteiger partial charge on any atom is -0.482 e. The van der Waals surface area contributed by atoms with Crippen LogP contribution in [-0.2, 0) is 0 Å². The summed E-state index contributed by atoms with van der Waals surface area (Å²) in [5, 5.41) is 0. The van der Waals surface area contributed by atoms with Gasteiger partial charge in [-0.1, -0.05) is 29.8 Å². The number of carbonyl (C=O) groups excluding carboxylic acids is 1. The van der Waals surface area contributed by atoms with Gasteiger partial charge in [0.25, 0.3) is 0 Å². The summed E-state index contributed by atoms with van der Waals surface area (Å²) >= 11 is 0. The molecule has 0 aromatic heterocycles. The molecule has 2 aromatic rings. The third-order valence-corrected chi connectivity index (χ3v) is 3.19. The number of aryl methyl sites for hydroxylation is 2. The van der Waals surface area contributed by atoms with E-state index in [2.05, 4.69) is 0 Å². The van der Waals surface area contributed by atoms with Crippen LogP contribution in [-0.4, -0.2) is 11.9 Å². The average Bonchev–Trinajstić information content (AvgIpc) is 2.38. The molecule has 20 heavy (non-hydrogen) atoms. The number of benzene rings is 2. The molecule has 2 aromatic carbocycles. The van der Waals surface area contributed by atoms with Crippen LogP contribution in [0.5, 0.6) is 5.75 Å². The molecule has 0 fully saturated rings. The molecule has 0 aliphatic carbocycles. The molecule has 3 nitrogen and oxygen atoms in total. The van der Waals surface area contributed by atoms with Gasteiger partial charge in [-0.2, -0.15) is 0 Å². The molecule has 3 heteroatoms. The average molecular weight is 269 g/mol. The van der Waals surface area contributed by atoms with Crippen molar-refractivity contribution in [3.8, 4) is 5.75 Å². The van der Waals surface area contributed by atoms with E-state index < -0.39 is 6.10 Å². The monoisotopic (exact) mass is 269 g/mol. The topological polar surface area (TPSA) is 52.3 Å². The van der Waals surface area contributed by atoms with Crippen molar-refractivity contribution in [1.29, 1.82) is 0 Å². The lowest BCUT2D eigenvalue weighted by Crippen LogP contribution is -2.24. The van der Waals surface area contributed by atoms with Gasteiger partial charge in [0.05, 0.1) is 0 Å². The van der Waals surface area contributed by atoms with Crippen LogP contribution in [0.3, 0.4) is 0 Å². The summed E-state index contributed by atoms with van der Waals surface area (Å²) < 4.78 is 5.67. The number of hydrogen-bond acceptors (Lipinski definition) is 3. The first kappa shape index (κ1) is 14.1. The minimum atomic E-state index is -0.543. The Balaban J connectivity index is 2.16. The second-order valence-corrected chi connectivity index (χ2v) is 5.02. The molecule has 0 amide bonds. The van der Waals surface area contributed by atoms with Crippen molar-refractivity contribution in [2.24, 2.45) is 0 Å². The first-order valence-corrected chi connectivity index (χ1v) is 6.61. The van der Waals surface area contributed by atoms with Gasteiger partial charge in [-0.25, -0.2) is 0 Å². The predicted octanol–water partition coefficient (Wildman–Crippen LogP) is 3.54. The maximum atomic E-state index is 12.4. The fraction of sp³-hybridized carbons (Fsp3) is 0.235. The van der Waals surface area contributed by atoms with Crippen molar-refractivity contribution in [3.63, 3.8) is 0 Å². The van der Waals surface area contributed by atoms with E-state index in [0.717, 1.165) is 11.1 Å². The Morgan fingerprint density at radius 2 is 1.90 bits per heavy atom. The normalized spacial score (nSPS) is 11.9. The first-order chi connectivity index (χ1) is 9.47. The Hall–Kier alpha value is -2.29. The SMILES string of the molecule is Cc1ccc(C(=O)C(C)Oc2cccc(N)c2)c(C)c1. The summed E-state index contributed by atoms with van der Waals surface area (Å²) in [5.41, 5.74) is 9.13. The molecule has 0 radical (unpaired) electrons. The number of nitrogens with two attached hydrogens (primary N) is 1. The lowest BCUT2D eigenvalue weighted by molar-refractivity contribution is 0.0817. The predicted molar refractivity (Wildman–Crippen MR) is 81.2 cm³/mol. The molecular weight excluding hydrogens is 250 g/mol. The summed E-state index contributed by atoms with van der Waals surface area (Å²) in [5.74, 6) is 0.584. The Labute approximate surface area is 119 Å². The largest absolute Gasteiger partial charge is 0.482 e. The Kier molecular flexibility index (Phi) is 4.08. The van der Waals surface area contributed by atoms with Crippen LogP contribution >= 0.6 is 0 Å². The van der Waals surface area contributed by atoms with Gasteiger partial charge in [0.15, 0.2) is 6.10 Å². The summed E-state index contributed by atoms with van der Waals surface area (Å²) in [6.45, 7) is 5.70. The van der Waals surface area contributed by atoms with E-state index >= 15 is 0 Å². The number of hydrogen-bond donors (Lipinski definition) is 1. The van der Waals surface area contributed by atoms with Crippen molar-refractivity contribution >= 4 is 11.5 Å². The second-order valence-electron chi connectivity index (χ2n) is 5.02. The Bertz CT molecular complexity index is 635. The van der Waals surface area contributed by atoms with Gasteiger partial charge in [-0.3, -0.25) is 4.79 Å². The molecule has 0 bridgehead atoms.